The lowest BCUT2D eigenvalue weighted by Gasteiger charge is -2.02. The minimum Gasteiger partial charge on any atom is -0.347 e. The van der Waals surface area contributed by atoms with Crippen LogP contribution >= 0.6 is 0 Å². The predicted octanol–water partition coefficient (Wildman–Crippen LogP) is 0.952. The van der Waals surface area contributed by atoms with Gasteiger partial charge in [-0.25, -0.2) is 0 Å². The number of benzene rings is 1. The third-order valence-electron chi connectivity index (χ3n) is 1.43. The summed E-state index contributed by atoms with van der Waals surface area (Å²) < 4.78 is 0. The first-order valence-electron chi connectivity index (χ1n) is 3.60. The number of nitrogens with zero attached hydrogens (tertiary/aromatic N) is 1. The maximum Gasteiger partial charge on any atom is 0.238 e. The number of rotatable bonds is 2. The smallest absolute Gasteiger partial charge is 0.238 e. The fourth-order valence-electron chi connectivity index (χ4n) is 0.910. The van der Waals surface area contributed by atoms with E-state index in [9.17, 15) is 0 Å². The van der Waals surface area contributed by atoms with E-state index < -0.39 is 0 Å². The fourth-order valence-corrected chi connectivity index (χ4v) is 0.910. The van der Waals surface area contributed by atoms with Gasteiger partial charge >= 0.3 is 0 Å². The van der Waals surface area contributed by atoms with Crippen LogP contribution in [0.15, 0.2) is 42.4 Å². The summed E-state index contributed by atoms with van der Waals surface area (Å²) in [4.78, 5) is 4.82. The molecule has 0 amide bonds. The lowest BCUT2D eigenvalue weighted by molar-refractivity contribution is 0.106. The van der Waals surface area contributed by atoms with E-state index in [1.807, 2.05) is 30.3 Å². The van der Waals surface area contributed by atoms with Crippen molar-refractivity contribution in [3.63, 3.8) is 0 Å². The summed E-state index contributed by atoms with van der Waals surface area (Å²) in [5.41, 5.74) is 7.00. The van der Waals surface area contributed by atoms with Gasteiger partial charge in [0.05, 0.1) is 11.8 Å². The summed E-state index contributed by atoms with van der Waals surface area (Å²) in [6.45, 7) is 0. The molecule has 2 N–H and O–H groups in total. The third kappa shape index (κ3) is 1.49. The first-order chi connectivity index (χ1) is 5.95. The van der Waals surface area contributed by atoms with Crippen LogP contribution in [0.1, 0.15) is 0 Å². The van der Waals surface area contributed by atoms with E-state index in [4.69, 9.17) is 4.84 Å². The van der Waals surface area contributed by atoms with Crippen LogP contribution in [0, 0.1) is 0 Å². The van der Waals surface area contributed by atoms with E-state index in [0.717, 1.165) is 5.69 Å². The van der Waals surface area contributed by atoms with Gasteiger partial charge in [0.25, 0.3) is 0 Å². The zero-order valence-corrected chi connectivity index (χ0v) is 6.32. The summed E-state index contributed by atoms with van der Waals surface area (Å²) in [7, 11) is 0. The van der Waals surface area contributed by atoms with Crippen molar-refractivity contribution in [2.75, 3.05) is 5.32 Å². The molecule has 0 spiro atoms. The Morgan fingerprint density at radius 2 is 2.08 bits per heavy atom. The van der Waals surface area contributed by atoms with Crippen LogP contribution in [-0.2, 0) is 4.84 Å². The minimum absolute atomic E-state index is 0.598. The molecule has 0 unspecified atom stereocenters. The predicted molar refractivity (Wildman–Crippen MR) is 44.5 cm³/mol. The maximum absolute atomic E-state index is 4.82. The van der Waals surface area contributed by atoms with E-state index in [0.29, 0.717) is 5.88 Å². The van der Waals surface area contributed by atoms with Crippen molar-refractivity contribution < 1.29 is 4.84 Å². The van der Waals surface area contributed by atoms with Crippen molar-refractivity contribution in [3.05, 3.63) is 42.4 Å². The Hall–Kier alpha value is -1.68. The van der Waals surface area contributed by atoms with Gasteiger partial charge in [-0.15, -0.1) is 0 Å². The molecule has 0 saturated carbocycles. The monoisotopic (exact) mass is 162 g/mol. The fraction of sp³-hybridized carbons (Fsp3) is 0. The van der Waals surface area contributed by atoms with Crippen LogP contribution in [0.2, 0.25) is 0 Å². The van der Waals surface area contributed by atoms with Gasteiger partial charge in [-0.2, -0.15) is 0 Å². The Balaban J connectivity index is 2.04. The second-order valence-corrected chi connectivity index (χ2v) is 2.31. The summed E-state index contributed by atoms with van der Waals surface area (Å²) in [6, 6.07) is 9.74. The molecule has 61 valence electrons. The highest BCUT2D eigenvalue weighted by Crippen LogP contribution is 2.09. The van der Waals surface area contributed by atoms with E-state index in [-0.39, 0.29) is 0 Å². The molecule has 0 atom stereocenters. The highest BCUT2D eigenvalue weighted by molar-refractivity contribution is 5.46. The molecule has 0 aromatic heterocycles. The maximum atomic E-state index is 4.82. The van der Waals surface area contributed by atoms with Crippen LogP contribution in [0.25, 0.3) is 0 Å². The lowest BCUT2D eigenvalue weighted by atomic mass is 10.3. The number of hydrogen-bond acceptors (Lipinski definition) is 3. The average molecular weight is 162 g/mol. The molecule has 1 aliphatic rings. The summed E-state index contributed by atoms with van der Waals surface area (Å²) in [5, 5.41) is 3.02. The lowest BCUT2D eigenvalue weighted by Crippen LogP contribution is -2.09. The van der Waals surface area contributed by atoms with Gasteiger partial charge in [0.2, 0.25) is 5.88 Å². The topological polar surface area (TPSA) is 47.4 Å². The molecule has 1 aliphatic heterocycles. The number of anilines is 1. The van der Waals surface area contributed by atoms with E-state index >= 15 is 0 Å². The highest BCUT2D eigenvalue weighted by Gasteiger charge is 2.04. The van der Waals surface area contributed by atoms with Gasteiger partial charge in [-0.05, 0) is 12.1 Å². The second-order valence-electron chi connectivity index (χ2n) is 2.31. The van der Waals surface area contributed by atoms with Crippen molar-refractivity contribution in [2.45, 2.75) is 0 Å². The summed E-state index contributed by atoms with van der Waals surface area (Å²) in [6.07, 6.45) is 1.65. The molecule has 1 heterocycles. The molecule has 1 radical (unpaired) electrons. The van der Waals surface area contributed by atoms with Gasteiger partial charge in [0, 0.05) is 5.69 Å². The average Bonchev–Trinajstić information content (AvgIpc) is 2.59. The van der Waals surface area contributed by atoms with Gasteiger partial charge < -0.3 is 10.2 Å². The largest absolute Gasteiger partial charge is 0.347 e. The Kier molecular flexibility index (Phi) is 1.83. The molecule has 12 heavy (non-hydrogen) atoms. The Morgan fingerprint density at radius 3 is 2.75 bits per heavy atom. The SMILES string of the molecule is C1=C(Nc2ccccc2)O[N]N1. The van der Waals surface area contributed by atoms with E-state index in [1.54, 1.807) is 6.20 Å². The van der Waals surface area contributed by atoms with Crippen LogP contribution in [0.4, 0.5) is 5.69 Å². The molecule has 0 saturated heterocycles. The summed E-state index contributed by atoms with van der Waals surface area (Å²) >= 11 is 0. The molecular weight excluding hydrogens is 154 g/mol. The molecule has 4 heteroatoms. The molecule has 4 nitrogen and oxygen atoms in total. The quantitative estimate of drug-likeness (QED) is 0.680. The van der Waals surface area contributed by atoms with E-state index in [2.05, 4.69) is 16.3 Å². The number of hydrogen-bond donors (Lipinski definition) is 2. The van der Waals surface area contributed by atoms with Crippen LogP contribution < -0.4 is 16.3 Å². The van der Waals surface area contributed by atoms with Crippen LogP contribution in [-0.4, -0.2) is 0 Å². The van der Waals surface area contributed by atoms with Crippen LogP contribution in [0.5, 0.6) is 0 Å². The van der Waals surface area contributed by atoms with Gasteiger partial charge in [0.15, 0.2) is 0 Å². The third-order valence-corrected chi connectivity index (χ3v) is 1.43. The van der Waals surface area contributed by atoms with Gasteiger partial charge in [0.1, 0.15) is 0 Å². The van der Waals surface area contributed by atoms with Gasteiger partial charge in [-0.1, -0.05) is 18.2 Å². The van der Waals surface area contributed by atoms with Crippen molar-refractivity contribution >= 4 is 5.69 Å². The summed E-state index contributed by atoms with van der Waals surface area (Å²) in [5.74, 6) is 0.598. The Morgan fingerprint density at radius 1 is 1.25 bits per heavy atom. The zero-order chi connectivity index (χ0) is 8.23. The highest BCUT2D eigenvalue weighted by atomic mass is 16.7. The second kappa shape index (κ2) is 3.15. The molecule has 2 rings (SSSR count). The van der Waals surface area contributed by atoms with Crippen LogP contribution in [0.3, 0.4) is 0 Å². The van der Waals surface area contributed by atoms with Gasteiger partial charge in [-0.3, -0.25) is 5.43 Å². The van der Waals surface area contributed by atoms with Crippen molar-refractivity contribution in [1.82, 2.24) is 11.0 Å². The first-order valence-corrected chi connectivity index (χ1v) is 3.60. The minimum atomic E-state index is 0.598. The molecule has 0 fully saturated rings. The number of para-hydroxylation sites is 1. The molecule has 1 aromatic rings. The molecule has 1 aromatic carbocycles. The van der Waals surface area contributed by atoms with Crippen molar-refractivity contribution in [3.8, 4) is 0 Å². The Bertz CT molecular complexity index is 284. The van der Waals surface area contributed by atoms with Crippen molar-refractivity contribution in [1.29, 1.82) is 0 Å². The molecule has 0 aliphatic carbocycles. The first kappa shape index (κ1) is 7.00. The normalized spacial score (nSPS) is 14.5. The van der Waals surface area contributed by atoms with E-state index in [1.165, 1.54) is 0 Å². The zero-order valence-electron chi connectivity index (χ0n) is 6.32. The van der Waals surface area contributed by atoms with Crippen molar-refractivity contribution in [2.24, 2.45) is 0 Å². The molecular formula is C8H8N3O. The Labute approximate surface area is 70.2 Å². The standard InChI is InChI=1S/C8H8N3O/c1-2-4-7(5-3-1)10-8-6-9-11-12-8/h1-6,9-10H. The molecule has 0 bridgehead atoms. The number of nitrogens with one attached hydrogen (secondary N) is 2.